The van der Waals surface area contributed by atoms with Gasteiger partial charge in [0, 0.05) is 18.0 Å². The van der Waals surface area contributed by atoms with Crippen LogP contribution in [0.15, 0.2) is 48.5 Å². The van der Waals surface area contributed by atoms with Crippen molar-refractivity contribution in [1.29, 1.82) is 0 Å². The quantitative estimate of drug-likeness (QED) is 0.525. The van der Waals surface area contributed by atoms with E-state index in [0.717, 1.165) is 30.4 Å². The lowest BCUT2D eigenvalue weighted by molar-refractivity contribution is -0.122. The molecule has 7 heteroatoms. The van der Waals surface area contributed by atoms with Crippen LogP contribution in [0.3, 0.4) is 0 Å². The minimum atomic E-state index is -2.86. The Morgan fingerprint density at radius 2 is 1.61 bits per heavy atom. The van der Waals surface area contributed by atoms with Crippen molar-refractivity contribution in [2.45, 2.75) is 46.3 Å². The molecule has 0 aromatic heterocycles. The van der Waals surface area contributed by atoms with Crippen molar-refractivity contribution in [2.75, 3.05) is 19.6 Å². The summed E-state index contributed by atoms with van der Waals surface area (Å²) in [5, 5.41) is 2.85. The molecule has 0 saturated carbocycles. The molecule has 5 nitrogen and oxygen atoms in total. The summed E-state index contributed by atoms with van der Waals surface area (Å²) in [6.07, 6.45) is 2.49. The van der Waals surface area contributed by atoms with Gasteiger partial charge in [0.05, 0.1) is 6.54 Å². The molecule has 1 aliphatic rings. The zero-order valence-electron chi connectivity index (χ0n) is 19.2. The van der Waals surface area contributed by atoms with Crippen molar-refractivity contribution in [3.05, 3.63) is 65.2 Å². The van der Waals surface area contributed by atoms with Crippen LogP contribution in [0.4, 0.5) is 8.78 Å². The van der Waals surface area contributed by atoms with E-state index in [2.05, 4.69) is 28.8 Å². The third-order valence-electron chi connectivity index (χ3n) is 5.85. The average molecular weight is 459 g/mol. The number of ketones is 1. The van der Waals surface area contributed by atoms with Crippen LogP contribution in [0.5, 0.6) is 5.75 Å². The van der Waals surface area contributed by atoms with Crippen molar-refractivity contribution in [2.24, 2.45) is 11.8 Å². The topological polar surface area (TPSA) is 58.6 Å². The molecular formula is C26H32F2N2O3. The molecule has 3 rings (SSSR count). The normalized spacial score (nSPS) is 15.1. The molecule has 33 heavy (non-hydrogen) atoms. The number of amides is 1. The Bertz CT molecular complexity index is 906. The molecule has 1 N–H and O–H groups in total. The number of rotatable bonds is 10. The van der Waals surface area contributed by atoms with E-state index in [-0.39, 0.29) is 29.9 Å². The number of Topliss-reactive ketones (excluding diaryl/α,β-unsaturated/α-hetero) is 1. The second-order valence-electron chi connectivity index (χ2n) is 9.01. The Balaban J connectivity index is 1.39. The highest BCUT2D eigenvalue weighted by Crippen LogP contribution is 2.22. The van der Waals surface area contributed by atoms with Crippen LogP contribution in [0.25, 0.3) is 0 Å². The van der Waals surface area contributed by atoms with Crippen molar-refractivity contribution in [3.8, 4) is 5.75 Å². The maximum Gasteiger partial charge on any atom is 0.387 e. The summed E-state index contributed by atoms with van der Waals surface area (Å²) in [7, 11) is 0. The first kappa shape index (κ1) is 24.8. The molecule has 0 spiro atoms. The predicted octanol–water partition coefficient (Wildman–Crippen LogP) is 4.70. The van der Waals surface area contributed by atoms with E-state index in [4.69, 9.17) is 0 Å². The zero-order valence-corrected chi connectivity index (χ0v) is 19.2. The Morgan fingerprint density at radius 3 is 2.18 bits per heavy atom. The largest absolute Gasteiger partial charge is 0.435 e. The van der Waals surface area contributed by atoms with E-state index in [0.29, 0.717) is 25.6 Å². The number of hydrogen-bond acceptors (Lipinski definition) is 4. The van der Waals surface area contributed by atoms with Gasteiger partial charge in [0.2, 0.25) is 5.91 Å². The molecule has 0 radical (unpaired) electrons. The third kappa shape index (κ3) is 7.93. The fourth-order valence-corrected chi connectivity index (χ4v) is 4.11. The van der Waals surface area contributed by atoms with E-state index in [1.165, 1.54) is 17.7 Å². The average Bonchev–Trinajstić information content (AvgIpc) is 2.78. The number of ether oxygens (including phenoxy) is 1. The first-order valence-electron chi connectivity index (χ1n) is 11.5. The Labute approximate surface area is 194 Å². The first-order chi connectivity index (χ1) is 15.8. The summed E-state index contributed by atoms with van der Waals surface area (Å²) in [6, 6.07) is 14.2. The number of halogens is 2. The van der Waals surface area contributed by atoms with Gasteiger partial charge in [-0.15, -0.1) is 0 Å². The van der Waals surface area contributed by atoms with Gasteiger partial charge in [-0.25, -0.2) is 0 Å². The van der Waals surface area contributed by atoms with E-state index in [1.54, 1.807) is 12.1 Å². The summed E-state index contributed by atoms with van der Waals surface area (Å²) in [4.78, 5) is 27.2. The molecule has 1 amide bonds. The number of benzene rings is 2. The molecule has 0 aliphatic carbocycles. The van der Waals surface area contributed by atoms with E-state index in [1.807, 2.05) is 24.3 Å². The van der Waals surface area contributed by atoms with Crippen molar-refractivity contribution in [3.63, 3.8) is 0 Å². The van der Waals surface area contributed by atoms with Crippen molar-refractivity contribution < 1.29 is 23.1 Å². The zero-order chi connectivity index (χ0) is 23.8. The maximum absolute atomic E-state index is 12.9. The lowest BCUT2D eigenvalue weighted by atomic mass is 9.88. The molecule has 1 heterocycles. The highest BCUT2D eigenvalue weighted by atomic mass is 19.3. The molecule has 1 saturated heterocycles. The minimum absolute atomic E-state index is 0.00534. The van der Waals surface area contributed by atoms with Gasteiger partial charge in [0.1, 0.15) is 5.75 Å². The van der Waals surface area contributed by atoms with Crippen LogP contribution in [-0.4, -0.2) is 42.8 Å². The third-order valence-corrected chi connectivity index (χ3v) is 5.85. The lowest BCUT2D eigenvalue weighted by Crippen LogP contribution is -2.42. The van der Waals surface area contributed by atoms with Crippen LogP contribution in [-0.2, 0) is 17.8 Å². The van der Waals surface area contributed by atoms with Gasteiger partial charge in [0.15, 0.2) is 5.78 Å². The summed E-state index contributed by atoms with van der Waals surface area (Å²) in [6.45, 7) is 3.50. The summed E-state index contributed by atoms with van der Waals surface area (Å²) >= 11 is 0. The van der Waals surface area contributed by atoms with Crippen molar-refractivity contribution >= 4 is 11.7 Å². The SMILES string of the molecule is CC(C)Cc1ccc(C(=O)C2CCN(CC(=O)NCc3ccc(OC(F)F)cc3)CC2)cc1. The van der Waals surface area contributed by atoms with Crippen LogP contribution < -0.4 is 10.1 Å². The van der Waals surface area contributed by atoms with Gasteiger partial charge in [-0.2, -0.15) is 8.78 Å². The van der Waals surface area contributed by atoms with Crippen LogP contribution in [0.2, 0.25) is 0 Å². The van der Waals surface area contributed by atoms with Crippen LogP contribution in [0, 0.1) is 11.8 Å². The number of likely N-dealkylation sites (tertiary alicyclic amines) is 1. The first-order valence-corrected chi connectivity index (χ1v) is 11.5. The van der Waals surface area contributed by atoms with Gasteiger partial charge in [-0.3, -0.25) is 14.5 Å². The smallest absolute Gasteiger partial charge is 0.387 e. The molecule has 178 valence electrons. The monoisotopic (exact) mass is 458 g/mol. The maximum atomic E-state index is 12.9. The van der Waals surface area contributed by atoms with Gasteiger partial charge in [-0.05, 0) is 61.5 Å². The van der Waals surface area contributed by atoms with Gasteiger partial charge in [-0.1, -0.05) is 50.2 Å². The number of piperidine rings is 1. The predicted molar refractivity (Wildman–Crippen MR) is 123 cm³/mol. The summed E-state index contributed by atoms with van der Waals surface area (Å²) < 4.78 is 28.7. The Hall–Kier alpha value is -2.80. The van der Waals surface area contributed by atoms with Gasteiger partial charge >= 0.3 is 6.61 Å². The number of nitrogens with one attached hydrogen (secondary N) is 1. The number of carbonyl (C=O) groups excluding carboxylic acids is 2. The summed E-state index contributed by atoms with van der Waals surface area (Å²) in [5.74, 6) is 0.752. The van der Waals surface area contributed by atoms with Crippen molar-refractivity contribution in [1.82, 2.24) is 10.2 Å². The van der Waals surface area contributed by atoms with Gasteiger partial charge in [0.25, 0.3) is 0 Å². The highest BCUT2D eigenvalue weighted by molar-refractivity contribution is 5.98. The summed E-state index contributed by atoms with van der Waals surface area (Å²) in [5.41, 5.74) is 2.82. The molecule has 1 aliphatic heterocycles. The molecular weight excluding hydrogens is 426 g/mol. The number of alkyl halides is 2. The van der Waals surface area contributed by atoms with E-state index >= 15 is 0 Å². The van der Waals surface area contributed by atoms with E-state index in [9.17, 15) is 18.4 Å². The van der Waals surface area contributed by atoms with Gasteiger partial charge < -0.3 is 10.1 Å². The fraction of sp³-hybridized carbons (Fsp3) is 0.462. The highest BCUT2D eigenvalue weighted by Gasteiger charge is 2.26. The van der Waals surface area contributed by atoms with E-state index < -0.39 is 6.61 Å². The molecule has 2 aromatic carbocycles. The standard InChI is InChI=1S/C26H32F2N2O3/c1-18(2)15-19-3-7-21(8-4-19)25(32)22-11-13-30(14-12-22)17-24(31)29-16-20-5-9-23(10-6-20)33-26(27)28/h3-10,18,22,26H,11-17H2,1-2H3,(H,29,31). The molecule has 0 atom stereocenters. The number of carbonyl (C=O) groups is 2. The van der Waals surface area contributed by atoms with Crippen LogP contribution in [0.1, 0.15) is 48.2 Å². The Morgan fingerprint density at radius 1 is 1.00 bits per heavy atom. The molecule has 0 unspecified atom stereocenters. The lowest BCUT2D eigenvalue weighted by Gasteiger charge is -2.30. The molecule has 1 fully saturated rings. The molecule has 0 bridgehead atoms. The number of hydrogen-bond donors (Lipinski definition) is 1. The van der Waals surface area contributed by atoms with Crippen LogP contribution >= 0.6 is 0 Å². The second-order valence-corrected chi connectivity index (χ2v) is 9.01. The minimum Gasteiger partial charge on any atom is -0.435 e. The fourth-order valence-electron chi connectivity index (χ4n) is 4.11. The Kier molecular flexibility index (Phi) is 8.95. The molecule has 2 aromatic rings. The second kappa shape index (κ2) is 11.9. The number of nitrogens with zero attached hydrogens (tertiary/aromatic N) is 1.